The molecule has 0 spiro atoms. The Hall–Kier alpha value is -1.24. The monoisotopic (exact) mass is 281 g/mol. The summed E-state index contributed by atoms with van der Waals surface area (Å²) in [6.45, 7) is 0.587. The van der Waals surface area contributed by atoms with E-state index in [2.05, 4.69) is 21.3 Å². The van der Waals surface area contributed by atoms with Gasteiger partial charge in [0.05, 0.1) is 11.6 Å². The van der Waals surface area contributed by atoms with E-state index in [1.807, 2.05) is 25.5 Å². The molecule has 0 saturated heterocycles. The van der Waals surface area contributed by atoms with E-state index in [1.165, 1.54) is 16.2 Å². The average Bonchev–Trinajstić information content (AvgIpc) is 3.01. The molecular formula is C12H15N3OS2. The summed E-state index contributed by atoms with van der Waals surface area (Å²) in [7, 11) is 4.03. The van der Waals surface area contributed by atoms with Gasteiger partial charge in [0.15, 0.2) is 0 Å². The molecule has 18 heavy (non-hydrogen) atoms. The van der Waals surface area contributed by atoms with Crippen molar-refractivity contribution in [1.82, 2.24) is 15.2 Å². The maximum atomic E-state index is 11.8. The molecule has 2 heterocycles. The van der Waals surface area contributed by atoms with Crippen LogP contribution in [0.3, 0.4) is 0 Å². The standard InChI is InChI=1S/C12H15N3OS2/c1-15(2)10(11-4-3-5-18-11)6-13-12(16)9-7-17-8-14-9/h3-5,7-8,10H,6H2,1-2H3,(H,13,16). The van der Waals surface area contributed by atoms with Crippen molar-refractivity contribution in [3.63, 3.8) is 0 Å². The van der Waals surface area contributed by atoms with Crippen LogP contribution in [0.25, 0.3) is 0 Å². The summed E-state index contributed by atoms with van der Waals surface area (Å²) in [6.07, 6.45) is 0. The van der Waals surface area contributed by atoms with Gasteiger partial charge in [-0.3, -0.25) is 4.79 Å². The Bertz CT molecular complexity index is 479. The fraction of sp³-hybridized carbons (Fsp3) is 0.333. The van der Waals surface area contributed by atoms with Crippen LogP contribution in [0.1, 0.15) is 21.4 Å². The zero-order chi connectivity index (χ0) is 13.0. The third kappa shape index (κ3) is 3.16. The minimum Gasteiger partial charge on any atom is -0.349 e. The molecule has 2 rings (SSSR count). The molecule has 6 heteroatoms. The molecule has 0 aliphatic carbocycles. The number of hydrogen-bond donors (Lipinski definition) is 1. The summed E-state index contributed by atoms with van der Waals surface area (Å²) in [4.78, 5) is 19.2. The molecule has 0 aliphatic rings. The number of likely N-dealkylation sites (N-methyl/N-ethyl adjacent to an activating group) is 1. The highest BCUT2D eigenvalue weighted by Crippen LogP contribution is 2.22. The summed E-state index contributed by atoms with van der Waals surface area (Å²) in [6, 6.07) is 4.32. The van der Waals surface area contributed by atoms with Crippen molar-refractivity contribution in [2.24, 2.45) is 0 Å². The fourth-order valence-corrected chi connectivity index (χ4v) is 3.08. The number of rotatable bonds is 5. The molecule has 0 fully saturated rings. The first-order valence-corrected chi connectivity index (χ1v) is 7.37. The van der Waals surface area contributed by atoms with Gasteiger partial charge >= 0.3 is 0 Å². The number of carbonyl (C=O) groups is 1. The van der Waals surface area contributed by atoms with Crippen molar-refractivity contribution in [3.8, 4) is 0 Å². The lowest BCUT2D eigenvalue weighted by molar-refractivity contribution is 0.0938. The molecular weight excluding hydrogens is 266 g/mol. The van der Waals surface area contributed by atoms with Crippen LogP contribution in [-0.2, 0) is 0 Å². The molecule has 0 bridgehead atoms. The number of thiophene rings is 1. The van der Waals surface area contributed by atoms with Crippen molar-refractivity contribution in [2.75, 3.05) is 20.6 Å². The number of nitrogens with one attached hydrogen (secondary N) is 1. The number of thiazole rings is 1. The quantitative estimate of drug-likeness (QED) is 0.914. The van der Waals surface area contributed by atoms with Crippen LogP contribution in [0, 0.1) is 0 Å². The van der Waals surface area contributed by atoms with Gasteiger partial charge in [-0.15, -0.1) is 22.7 Å². The second kappa shape index (κ2) is 6.08. The third-order valence-electron chi connectivity index (χ3n) is 2.62. The molecule has 0 aromatic carbocycles. The first kappa shape index (κ1) is 13.2. The van der Waals surface area contributed by atoms with E-state index in [0.717, 1.165) is 0 Å². The first-order chi connectivity index (χ1) is 8.68. The van der Waals surface area contributed by atoms with Gasteiger partial charge in [0.2, 0.25) is 0 Å². The summed E-state index contributed by atoms with van der Waals surface area (Å²) in [5, 5.41) is 6.73. The summed E-state index contributed by atoms with van der Waals surface area (Å²) >= 11 is 3.13. The average molecular weight is 281 g/mol. The fourth-order valence-electron chi connectivity index (χ4n) is 1.62. The number of carbonyl (C=O) groups excluding carboxylic acids is 1. The highest BCUT2D eigenvalue weighted by Gasteiger charge is 2.17. The summed E-state index contributed by atoms with van der Waals surface area (Å²) in [5.74, 6) is -0.111. The Kier molecular flexibility index (Phi) is 4.46. The van der Waals surface area contributed by atoms with Crippen LogP contribution in [0.15, 0.2) is 28.4 Å². The highest BCUT2D eigenvalue weighted by atomic mass is 32.1. The normalized spacial score (nSPS) is 12.6. The molecule has 4 nitrogen and oxygen atoms in total. The Morgan fingerprint density at radius 1 is 1.56 bits per heavy atom. The van der Waals surface area contributed by atoms with Crippen molar-refractivity contribution in [3.05, 3.63) is 39.0 Å². The van der Waals surface area contributed by atoms with Crippen LogP contribution < -0.4 is 5.32 Å². The van der Waals surface area contributed by atoms with Crippen molar-refractivity contribution in [2.45, 2.75) is 6.04 Å². The lowest BCUT2D eigenvalue weighted by atomic mass is 10.2. The zero-order valence-electron chi connectivity index (χ0n) is 10.3. The Labute approximate surface area is 114 Å². The molecule has 2 aromatic heterocycles. The van der Waals surface area contributed by atoms with Crippen LogP contribution in [0.4, 0.5) is 0 Å². The van der Waals surface area contributed by atoms with Gasteiger partial charge in [0, 0.05) is 16.8 Å². The minimum absolute atomic E-state index is 0.111. The molecule has 1 atom stereocenters. The Balaban J connectivity index is 1.97. The number of amides is 1. The highest BCUT2D eigenvalue weighted by molar-refractivity contribution is 7.10. The van der Waals surface area contributed by atoms with Crippen LogP contribution in [-0.4, -0.2) is 36.4 Å². The minimum atomic E-state index is -0.111. The Morgan fingerprint density at radius 3 is 2.94 bits per heavy atom. The van der Waals surface area contributed by atoms with Gasteiger partial charge < -0.3 is 10.2 Å². The Morgan fingerprint density at radius 2 is 2.39 bits per heavy atom. The van der Waals surface area contributed by atoms with E-state index in [4.69, 9.17) is 0 Å². The van der Waals surface area contributed by atoms with Gasteiger partial charge in [-0.05, 0) is 25.5 Å². The van der Waals surface area contributed by atoms with E-state index in [1.54, 1.807) is 22.2 Å². The molecule has 0 saturated carbocycles. The second-order valence-electron chi connectivity index (χ2n) is 4.08. The van der Waals surface area contributed by atoms with Crippen LogP contribution in [0.2, 0.25) is 0 Å². The van der Waals surface area contributed by atoms with Gasteiger partial charge in [-0.1, -0.05) is 6.07 Å². The summed E-state index contributed by atoms with van der Waals surface area (Å²) < 4.78 is 0. The third-order valence-corrected chi connectivity index (χ3v) is 4.18. The van der Waals surface area contributed by atoms with Crippen molar-refractivity contribution >= 4 is 28.6 Å². The summed E-state index contributed by atoms with van der Waals surface area (Å²) in [5.41, 5.74) is 2.15. The molecule has 1 N–H and O–H groups in total. The maximum Gasteiger partial charge on any atom is 0.270 e. The molecule has 1 unspecified atom stereocenters. The predicted octanol–water partition coefficient (Wildman–Crippen LogP) is 2.24. The van der Waals surface area contributed by atoms with E-state index >= 15 is 0 Å². The first-order valence-electron chi connectivity index (χ1n) is 5.54. The lowest BCUT2D eigenvalue weighted by Gasteiger charge is -2.23. The molecule has 0 aliphatic heterocycles. The SMILES string of the molecule is CN(C)C(CNC(=O)c1cscn1)c1cccs1. The van der Waals surface area contributed by atoms with E-state index < -0.39 is 0 Å². The zero-order valence-corrected chi connectivity index (χ0v) is 11.9. The second-order valence-corrected chi connectivity index (χ2v) is 5.78. The van der Waals surface area contributed by atoms with Crippen molar-refractivity contribution < 1.29 is 4.79 Å². The number of nitrogens with zero attached hydrogens (tertiary/aromatic N) is 2. The van der Waals surface area contributed by atoms with E-state index in [-0.39, 0.29) is 11.9 Å². The lowest BCUT2D eigenvalue weighted by Crippen LogP contribution is -2.34. The van der Waals surface area contributed by atoms with Crippen molar-refractivity contribution in [1.29, 1.82) is 0 Å². The largest absolute Gasteiger partial charge is 0.349 e. The van der Waals surface area contributed by atoms with Gasteiger partial charge in [-0.25, -0.2) is 4.98 Å². The van der Waals surface area contributed by atoms with Gasteiger partial charge in [0.1, 0.15) is 5.69 Å². The van der Waals surface area contributed by atoms with E-state index in [9.17, 15) is 4.79 Å². The number of hydrogen-bond acceptors (Lipinski definition) is 5. The predicted molar refractivity (Wildman–Crippen MR) is 75.2 cm³/mol. The topological polar surface area (TPSA) is 45.2 Å². The maximum absolute atomic E-state index is 11.8. The van der Waals surface area contributed by atoms with Gasteiger partial charge in [-0.2, -0.15) is 0 Å². The number of aromatic nitrogens is 1. The molecule has 1 amide bonds. The van der Waals surface area contributed by atoms with Gasteiger partial charge in [0.25, 0.3) is 5.91 Å². The van der Waals surface area contributed by atoms with Crippen LogP contribution in [0.5, 0.6) is 0 Å². The molecule has 2 aromatic rings. The smallest absolute Gasteiger partial charge is 0.270 e. The molecule has 0 radical (unpaired) electrons. The van der Waals surface area contributed by atoms with E-state index in [0.29, 0.717) is 12.2 Å². The van der Waals surface area contributed by atoms with Crippen LogP contribution >= 0.6 is 22.7 Å². The molecule has 96 valence electrons.